The van der Waals surface area contributed by atoms with E-state index in [0.717, 1.165) is 6.42 Å². The fraction of sp³-hybridized carbons (Fsp3) is 0.115. The topological polar surface area (TPSA) is 0 Å². The molecular formula is C26H21Cl2Zr-. The molecule has 5 aromatic rings. The molecule has 5 aromatic carbocycles. The van der Waals surface area contributed by atoms with Crippen molar-refractivity contribution in [3.63, 3.8) is 0 Å². The Hall–Kier alpha value is -1.53. The second kappa shape index (κ2) is 9.52. The molecule has 0 nitrogen and oxygen atoms in total. The van der Waals surface area contributed by atoms with Crippen molar-refractivity contribution in [1.82, 2.24) is 0 Å². The summed E-state index contributed by atoms with van der Waals surface area (Å²) in [5, 5.41) is 7.99. The first-order valence-corrected chi connectivity index (χ1v) is 16.1. The molecule has 0 atom stereocenters. The van der Waals surface area contributed by atoms with Crippen molar-refractivity contribution in [1.29, 1.82) is 0 Å². The summed E-state index contributed by atoms with van der Waals surface area (Å²) in [6, 6.07) is 31.3. The third kappa shape index (κ3) is 4.20. The van der Waals surface area contributed by atoms with E-state index in [9.17, 15) is 0 Å². The monoisotopic (exact) mass is 493 g/mol. The van der Waals surface area contributed by atoms with E-state index in [2.05, 4.69) is 91.9 Å². The average molecular weight is 496 g/mol. The number of benzene rings is 4. The molecule has 0 aliphatic heterocycles. The molecule has 0 aliphatic rings. The van der Waals surface area contributed by atoms with Gasteiger partial charge in [-0.15, -0.1) is 34.5 Å². The van der Waals surface area contributed by atoms with Gasteiger partial charge in [0.2, 0.25) is 0 Å². The van der Waals surface area contributed by atoms with Gasteiger partial charge in [-0.2, -0.15) is 6.07 Å². The summed E-state index contributed by atoms with van der Waals surface area (Å²) in [5.41, 5.74) is 4.15. The van der Waals surface area contributed by atoms with Gasteiger partial charge in [-0.3, -0.25) is 0 Å². The van der Waals surface area contributed by atoms with Crippen LogP contribution in [-0.4, -0.2) is 0 Å². The zero-order valence-corrected chi connectivity index (χ0v) is 20.2. The Kier molecular flexibility index (Phi) is 6.81. The zero-order valence-electron chi connectivity index (χ0n) is 16.3. The van der Waals surface area contributed by atoms with Crippen LogP contribution in [0.25, 0.3) is 43.4 Å². The predicted molar refractivity (Wildman–Crippen MR) is 126 cm³/mol. The molecule has 144 valence electrons. The van der Waals surface area contributed by atoms with Crippen LogP contribution in [0.4, 0.5) is 0 Å². The second-order valence-electron chi connectivity index (χ2n) is 7.19. The van der Waals surface area contributed by atoms with E-state index in [1.807, 2.05) is 0 Å². The molecule has 0 amide bonds. The van der Waals surface area contributed by atoms with E-state index in [0.29, 0.717) is 0 Å². The number of rotatable bonds is 3. The van der Waals surface area contributed by atoms with Crippen molar-refractivity contribution in [3.05, 3.63) is 90.5 Å². The van der Waals surface area contributed by atoms with Crippen molar-refractivity contribution >= 4 is 49.3 Å². The molecule has 0 saturated heterocycles. The number of aryl methyl sites for hydroxylation is 1. The molecule has 0 heterocycles. The van der Waals surface area contributed by atoms with Crippen LogP contribution >= 0.6 is 17.0 Å². The summed E-state index contributed by atoms with van der Waals surface area (Å²) in [5.74, 6) is 0. The van der Waals surface area contributed by atoms with E-state index in [-0.39, 0.29) is 0 Å². The second-order valence-corrected chi connectivity index (χ2v) is 10.9. The van der Waals surface area contributed by atoms with Crippen LogP contribution in [0.3, 0.4) is 0 Å². The Bertz CT molecular complexity index is 1220. The summed E-state index contributed by atoms with van der Waals surface area (Å²) in [4.78, 5) is 0. The minimum atomic E-state index is -0.826. The number of hydrogen-bond donors (Lipinski definition) is 0. The van der Waals surface area contributed by atoms with Crippen LogP contribution in [0.15, 0.2) is 84.9 Å². The van der Waals surface area contributed by atoms with Crippen LogP contribution in [0.5, 0.6) is 0 Å². The van der Waals surface area contributed by atoms with Gasteiger partial charge in [0, 0.05) is 0 Å². The van der Waals surface area contributed by atoms with Gasteiger partial charge in [-0.1, -0.05) is 73.5 Å². The molecule has 0 aliphatic carbocycles. The fourth-order valence-corrected chi connectivity index (χ4v) is 4.25. The molecule has 0 aromatic heterocycles. The molecule has 0 fully saturated rings. The van der Waals surface area contributed by atoms with Gasteiger partial charge >= 0.3 is 37.9 Å². The van der Waals surface area contributed by atoms with E-state index < -0.39 is 20.8 Å². The fourth-order valence-electron chi connectivity index (χ4n) is 4.25. The van der Waals surface area contributed by atoms with Gasteiger partial charge in [-0.25, -0.2) is 0 Å². The van der Waals surface area contributed by atoms with E-state index >= 15 is 0 Å². The van der Waals surface area contributed by atoms with Crippen LogP contribution in [-0.2, 0) is 27.3 Å². The Balaban J connectivity index is 0.000000645. The van der Waals surface area contributed by atoms with Crippen molar-refractivity contribution in [2.24, 2.45) is 0 Å². The van der Waals surface area contributed by atoms with Crippen LogP contribution in [0, 0.1) is 0 Å². The first-order chi connectivity index (χ1) is 14.3. The summed E-state index contributed by atoms with van der Waals surface area (Å²) in [6.45, 7) is 2.25. The Morgan fingerprint density at radius 3 is 2.00 bits per heavy atom. The first-order valence-electron chi connectivity index (χ1n) is 9.82. The predicted octanol–water partition coefficient (Wildman–Crippen LogP) is 8.86. The van der Waals surface area contributed by atoms with Crippen molar-refractivity contribution in [2.45, 2.75) is 19.8 Å². The van der Waals surface area contributed by atoms with Crippen LogP contribution < -0.4 is 0 Å². The molecule has 0 saturated carbocycles. The maximum atomic E-state index is 4.93. The van der Waals surface area contributed by atoms with Crippen LogP contribution in [0.1, 0.15) is 18.9 Å². The van der Waals surface area contributed by atoms with Gasteiger partial charge < -0.3 is 0 Å². The molecule has 0 spiro atoms. The van der Waals surface area contributed by atoms with Gasteiger partial charge in [0.25, 0.3) is 0 Å². The summed E-state index contributed by atoms with van der Waals surface area (Å²) in [6.07, 6.45) is 2.33. The third-order valence-corrected chi connectivity index (χ3v) is 5.39. The van der Waals surface area contributed by atoms with Gasteiger partial charge in [-0.05, 0) is 39.6 Å². The summed E-state index contributed by atoms with van der Waals surface area (Å²) >= 11 is -0.826. The standard InChI is InChI=1S/C26H21.2ClH.Zr/c1-2-8-18-15-19-11-7-14-24(25(19)16-18)26-22-12-5-3-9-20(22)17-21-10-4-6-13-23(21)26;;;/h3-7,9-17H,2,8H2,1H3;2*1H;/q-1;;;+2/p-2. The minimum absolute atomic E-state index is 0.826. The molecule has 3 heteroatoms. The van der Waals surface area contributed by atoms with Crippen molar-refractivity contribution < 1.29 is 20.8 Å². The molecule has 29 heavy (non-hydrogen) atoms. The molecule has 5 rings (SSSR count). The first kappa shape index (κ1) is 20.7. The Morgan fingerprint density at radius 1 is 0.759 bits per heavy atom. The zero-order chi connectivity index (χ0) is 20.2. The van der Waals surface area contributed by atoms with Crippen molar-refractivity contribution in [3.8, 4) is 11.1 Å². The van der Waals surface area contributed by atoms with E-state index in [1.165, 1.54) is 55.4 Å². The van der Waals surface area contributed by atoms with E-state index in [4.69, 9.17) is 17.0 Å². The van der Waals surface area contributed by atoms with Gasteiger partial charge in [0.05, 0.1) is 0 Å². The summed E-state index contributed by atoms with van der Waals surface area (Å²) in [7, 11) is 9.87. The number of hydrogen-bond acceptors (Lipinski definition) is 0. The maximum absolute atomic E-state index is 4.93. The summed E-state index contributed by atoms with van der Waals surface area (Å²) < 4.78 is 0. The molecule has 0 bridgehead atoms. The van der Waals surface area contributed by atoms with E-state index in [1.54, 1.807) is 0 Å². The van der Waals surface area contributed by atoms with Crippen molar-refractivity contribution in [2.75, 3.05) is 0 Å². The molecule has 0 N–H and O–H groups in total. The van der Waals surface area contributed by atoms with Crippen LogP contribution in [0.2, 0.25) is 0 Å². The molecule has 0 unspecified atom stereocenters. The third-order valence-electron chi connectivity index (χ3n) is 5.39. The number of halogens is 2. The molecular weight excluding hydrogens is 474 g/mol. The Morgan fingerprint density at radius 2 is 1.38 bits per heavy atom. The SMILES string of the molecule is CCCc1cc2c(-c3c4ccccc4cc4ccccc34)cccc2[cH-]1.[Cl][Zr][Cl]. The van der Waals surface area contributed by atoms with Gasteiger partial charge in [0.15, 0.2) is 0 Å². The average Bonchev–Trinajstić information content (AvgIpc) is 3.16. The van der Waals surface area contributed by atoms with Gasteiger partial charge in [0.1, 0.15) is 0 Å². The normalized spacial score (nSPS) is 10.9. The quantitative estimate of drug-likeness (QED) is 0.173. The molecule has 0 radical (unpaired) electrons. The number of fused-ring (bicyclic) bond motifs is 3. The Labute approximate surface area is 190 Å².